The third-order valence-electron chi connectivity index (χ3n) is 1.63. The van der Waals surface area contributed by atoms with Gasteiger partial charge >= 0.3 is 0 Å². The van der Waals surface area contributed by atoms with Gasteiger partial charge in [0.25, 0.3) is 0 Å². The summed E-state index contributed by atoms with van der Waals surface area (Å²) in [6.45, 7) is 7.87. The lowest BCUT2D eigenvalue weighted by molar-refractivity contribution is -0.120. The van der Waals surface area contributed by atoms with Crippen molar-refractivity contribution in [2.45, 2.75) is 40.2 Å². The van der Waals surface area contributed by atoms with E-state index in [0.717, 1.165) is 6.42 Å². The molecule has 2 heteroatoms. The Hall–Kier alpha value is -0.530. The lowest BCUT2D eigenvalue weighted by atomic mass is 10.0. The van der Waals surface area contributed by atoms with Crippen molar-refractivity contribution in [3.63, 3.8) is 0 Å². The van der Waals surface area contributed by atoms with Crippen molar-refractivity contribution >= 4 is 5.91 Å². The molecule has 1 amide bonds. The molecule has 0 rings (SSSR count). The standard InChI is InChI=1S/C8H17NO/c1-5-8(6(2)3)9-7(4)10/h6,8H,5H2,1-4H3,(H,9,10)/t8-/m1/s1. The second-order valence-electron chi connectivity index (χ2n) is 2.96. The summed E-state index contributed by atoms with van der Waals surface area (Å²) in [5, 5.41) is 2.89. The Kier molecular flexibility index (Phi) is 4.08. The van der Waals surface area contributed by atoms with E-state index in [4.69, 9.17) is 0 Å². The van der Waals surface area contributed by atoms with Crippen molar-refractivity contribution in [3.8, 4) is 0 Å². The first-order chi connectivity index (χ1) is 4.57. The van der Waals surface area contributed by atoms with Crippen LogP contribution in [0.25, 0.3) is 0 Å². The van der Waals surface area contributed by atoms with Crippen LogP contribution in [0, 0.1) is 5.92 Å². The number of rotatable bonds is 3. The Morgan fingerprint density at radius 3 is 2.10 bits per heavy atom. The minimum atomic E-state index is 0.0700. The average molecular weight is 143 g/mol. The van der Waals surface area contributed by atoms with E-state index in [1.165, 1.54) is 0 Å². The van der Waals surface area contributed by atoms with Crippen LogP contribution in [0.2, 0.25) is 0 Å². The Morgan fingerprint density at radius 1 is 1.50 bits per heavy atom. The third kappa shape index (κ3) is 3.49. The quantitative estimate of drug-likeness (QED) is 0.638. The SMILES string of the molecule is CC[C@@H](NC(C)=O)C(C)C. The summed E-state index contributed by atoms with van der Waals surface area (Å²) >= 11 is 0. The molecule has 0 aromatic rings. The predicted molar refractivity (Wildman–Crippen MR) is 42.7 cm³/mol. The monoisotopic (exact) mass is 143 g/mol. The zero-order valence-electron chi connectivity index (χ0n) is 7.27. The van der Waals surface area contributed by atoms with Crippen molar-refractivity contribution in [3.05, 3.63) is 0 Å². The Bertz CT molecular complexity index is 110. The molecule has 0 unspecified atom stereocenters. The van der Waals surface area contributed by atoms with Gasteiger partial charge in [-0.1, -0.05) is 20.8 Å². The van der Waals surface area contributed by atoms with E-state index in [1.54, 1.807) is 6.92 Å². The number of carbonyl (C=O) groups excluding carboxylic acids is 1. The molecule has 0 fully saturated rings. The van der Waals surface area contributed by atoms with E-state index in [1.807, 2.05) is 0 Å². The van der Waals surface area contributed by atoms with Crippen molar-refractivity contribution in [2.24, 2.45) is 5.92 Å². The topological polar surface area (TPSA) is 29.1 Å². The van der Waals surface area contributed by atoms with Gasteiger partial charge in [0, 0.05) is 13.0 Å². The molecule has 0 saturated carbocycles. The molecular weight excluding hydrogens is 126 g/mol. The molecule has 0 bridgehead atoms. The smallest absolute Gasteiger partial charge is 0.217 e. The van der Waals surface area contributed by atoms with Crippen LogP contribution in [0.5, 0.6) is 0 Å². The van der Waals surface area contributed by atoms with Crippen LogP contribution in [0.4, 0.5) is 0 Å². The average Bonchev–Trinajstić information content (AvgIpc) is 1.81. The van der Waals surface area contributed by atoms with Crippen molar-refractivity contribution in [1.29, 1.82) is 0 Å². The molecule has 0 spiro atoms. The molecule has 0 aliphatic carbocycles. The number of hydrogen-bond donors (Lipinski definition) is 1. The van der Waals surface area contributed by atoms with Crippen LogP contribution >= 0.6 is 0 Å². The van der Waals surface area contributed by atoms with E-state index >= 15 is 0 Å². The molecule has 0 radical (unpaired) electrons. The van der Waals surface area contributed by atoms with Crippen LogP contribution in [0.15, 0.2) is 0 Å². The molecule has 0 saturated heterocycles. The van der Waals surface area contributed by atoms with Crippen molar-refractivity contribution in [1.82, 2.24) is 5.32 Å². The van der Waals surface area contributed by atoms with Crippen molar-refractivity contribution in [2.75, 3.05) is 0 Å². The summed E-state index contributed by atoms with van der Waals surface area (Å²) in [7, 11) is 0. The molecule has 60 valence electrons. The molecular formula is C8H17NO. The van der Waals surface area contributed by atoms with Crippen LogP contribution in [0.1, 0.15) is 34.1 Å². The molecule has 1 atom stereocenters. The van der Waals surface area contributed by atoms with E-state index in [-0.39, 0.29) is 5.91 Å². The van der Waals surface area contributed by atoms with E-state index < -0.39 is 0 Å². The molecule has 0 aromatic heterocycles. The summed E-state index contributed by atoms with van der Waals surface area (Å²) in [4.78, 5) is 10.6. The summed E-state index contributed by atoms with van der Waals surface area (Å²) < 4.78 is 0. The maximum atomic E-state index is 10.6. The summed E-state index contributed by atoms with van der Waals surface area (Å²) in [5.41, 5.74) is 0. The fourth-order valence-corrected chi connectivity index (χ4v) is 1.00. The summed E-state index contributed by atoms with van der Waals surface area (Å²) in [6.07, 6.45) is 1.01. The van der Waals surface area contributed by atoms with Gasteiger partial charge in [-0.05, 0) is 12.3 Å². The fourth-order valence-electron chi connectivity index (χ4n) is 1.00. The Morgan fingerprint density at radius 2 is 2.00 bits per heavy atom. The zero-order valence-corrected chi connectivity index (χ0v) is 7.27. The highest BCUT2D eigenvalue weighted by Gasteiger charge is 2.10. The first-order valence-corrected chi connectivity index (χ1v) is 3.85. The normalized spacial score (nSPS) is 13.3. The maximum Gasteiger partial charge on any atom is 0.217 e. The molecule has 1 N–H and O–H groups in total. The second-order valence-corrected chi connectivity index (χ2v) is 2.96. The molecule has 2 nitrogen and oxygen atoms in total. The Balaban J connectivity index is 3.71. The van der Waals surface area contributed by atoms with Crippen LogP contribution in [-0.2, 0) is 4.79 Å². The number of carbonyl (C=O) groups is 1. The van der Waals surface area contributed by atoms with Gasteiger partial charge < -0.3 is 5.32 Å². The van der Waals surface area contributed by atoms with Crippen LogP contribution < -0.4 is 5.32 Å². The van der Waals surface area contributed by atoms with Gasteiger partial charge in [0.05, 0.1) is 0 Å². The second kappa shape index (κ2) is 4.31. The lowest BCUT2D eigenvalue weighted by Crippen LogP contribution is -2.36. The molecule has 0 aliphatic rings. The van der Waals surface area contributed by atoms with Gasteiger partial charge in [0.1, 0.15) is 0 Å². The first kappa shape index (κ1) is 9.47. The maximum absolute atomic E-state index is 10.6. The largest absolute Gasteiger partial charge is 0.353 e. The van der Waals surface area contributed by atoms with E-state index in [2.05, 4.69) is 26.1 Å². The molecule has 0 aliphatic heterocycles. The van der Waals surface area contributed by atoms with Gasteiger partial charge in [-0.15, -0.1) is 0 Å². The van der Waals surface area contributed by atoms with Gasteiger partial charge in [-0.2, -0.15) is 0 Å². The number of hydrogen-bond acceptors (Lipinski definition) is 1. The van der Waals surface area contributed by atoms with Gasteiger partial charge in [-0.3, -0.25) is 4.79 Å². The van der Waals surface area contributed by atoms with E-state index in [0.29, 0.717) is 12.0 Å². The highest BCUT2D eigenvalue weighted by Crippen LogP contribution is 2.04. The number of nitrogens with one attached hydrogen (secondary N) is 1. The lowest BCUT2D eigenvalue weighted by Gasteiger charge is -2.19. The van der Waals surface area contributed by atoms with Crippen LogP contribution in [-0.4, -0.2) is 11.9 Å². The molecule has 0 aromatic carbocycles. The van der Waals surface area contributed by atoms with E-state index in [9.17, 15) is 4.79 Å². The third-order valence-corrected chi connectivity index (χ3v) is 1.63. The van der Waals surface area contributed by atoms with Crippen LogP contribution in [0.3, 0.4) is 0 Å². The Labute approximate surface area is 63.0 Å². The minimum Gasteiger partial charge on any atom is -0.353 e. The minimum absolute atomic E-state index is 0.0700. The highest BCUT2D eigenvalue weighted by molar-refractivity contribution is 5.73. The number of amides is 1. The zero-order chi connectivity index (χ0) is 8.15. The fraction of sp³-hybridized carbons (Fsp3) is 0.875. The van der Waals surface area contributed by atoms with Crippen molar-refractivity contribution < 1.29 is 4.79 Å². The highest BCUT2D eigenvalue weighted by atomic mass is 16.1. The molecule has 10 heavy (non-hydrogen) atoms. The van der Waals surface area contributed by atoms with Gasteiger partial charge in [-0.25, -0.2) is 0 Å². The summed E-state index contributed by atoms with van der Waals surface area (Å²) in [5.74, 6) is 0.606. The van der Waals surface area contributed by atoms with Gasteiger partial charge in [0.2, 0.25) is 5.91 Å². The predicted octanol–water partition coefficient (Wildman–Crippen LogP) is 1.56. The van der Waals surface area contributed by atoms with Gasteiger partial charge in [0.15, 0.2) is 0 Å². The first-order valence-electron chi connectivity index (χ1n) is 3.85. The molecule has 0 heterocycles. The summed E-state index contributed by atoms with van der Waals surface area (Å²) in [6, 6.07) is 0.345.